The molecule has 0 aliphatic rings. The van der Waals surface area contributed by atoms with Crippen LogP contribution in [-0.2, 0) is 5.41 Å². The summed E-state index contributed by atoms with van der Waals surface area (Å²) in [6.07, 6.45) is 0. The number of hydrogen-bond donors (Lipinski definition) is 1. The molecule has 0 bridgehead atoms. The lowest BCUT2D eigenvalue weighted by Gasteiger charge is -2.23. The number of fused-ring (bicyclic) bond motifs is 1. The Balaban J connectivity index is 1.97. The fourth-order valence-corrected chi connectivity index (χ4v) is 3.68. The molecule has 0 aliphatic carbocycles. The van der Waals surface area contributed by atoms with Crippen molar-refractivity contribution >= 4 is 10.9 Å². The van der Waals surface area contributed by atoms with E-state index in [4.69, 9.17) is 9.47 Å². The number of aromatic nitrogens is 2. The number of hydrogen-bond acceptors (Lipinski definition) is 4. The van der Waals surface area contributed by atoms with Crippen molar-refractivity contribution in [3.05, 3.63) is 81.6 Å². The molecule has 0 saturated heterocycles. The Hall–Kier alpha value is -3.74. The van der Waals surface area contributed by atoms with Gasteiger partial charge in [0.2, 0.25) is 0 Å². The van der Waals surface area contributed by atoms with Gasteiger partial charge in [-0.25, -0.2) is 13.8 Å². The fourth-order valence-electron chi connectivity index (χ4n) is 3.68. The van der Waals surface area contributed by atoms with Gasteiger partial charge in [-0.1, -0.05) is 32.9 Å². The van der Waals surface area contributed by atoms with Crippen LogP contribution in [-0.4, -0.2) is 17.1 Å². The van der Waals surface area contributed by atoms with Gasteiger partial charge in [0.25, 0.3) is 5.56 Å². The van der Waals surface area contributed by atoms with Crippen LogP contribution >= 0.6 is 0 Å². The van der Waals surface area contributed by atoms with Crippen molar-refractivity contribution in [1.29, 1.82) is 0 Å². The summed E-state index contributed by atoms with van der Waals surface area (Å²) < 4.78 is 39.4. The van der Waals surface area contributed by atoms with Crippen molar-refractivity contribution in [3.63, 3.8) is 0 Å². The molecule has 4 rings (SSSR count). The number of methoxy groups -OCH3 is 1. The van der Waals surface area contributed by atoms with Gasteiger partial charge >= 0.3 is 0 Å². The Bertz CT molecular complexity index is 1420. The minimum atomic E-state index is -0.639. The minimum absolute atomic E-state index is 0.104. The van der Waals surface area contributed by atoms with Crippen LogP contribution in [0.25, 0.3) is 22.3 Å². The maximum Gasteiger partial charge on any atom is 0.262 e. The van der Waals surface area contributed by atoms with Crippen LogP contribution in [0.4, 0.5) is 8.78 Å². The van der Waals surface area contributed by atoms with E-state index in [2.05, 4.69) is 30.7 Å². The molecule has 5 nitrogen and oxygen atoms in total. The normalized spacial score (nSPS) is 11.6. The summed E-state index contributed by atoms with van der Waals surface area (Å²) in [6.45, 7) is 8.10. The lowest BCUT2D eigenvalue weighted by atomic mass is 9.85. The summed E-state index contributed by atoms with van der Waals surface area (Å²) in [4.78, 5) is 19.9. The van der Waals surface area contributed by atoms with Crippen LogP contribution in [0.3, 0.4) is 0 Å². The lowest BCUT2D eigenvalue weighted by Crippen LogP contribution is -2.14. The summed E-state index contributed by atoms with van der Waals surface area (Å²) in [6, 6.07) is 12.1. The first-order valence-corrected chi connectivity index (χ1v) is 10.4. The molecular weight excluding hydrogens is 426 g/mol. The molecule has 0 saturated carbocycles. The van der Waals surface area contributed by atoms with E-state index in [0.29, 0.717) is 17.1 Å². The lowest BCUT2D eigenvalue weighted by molar-refractivity contribution is 0.375. The molecule has 33 heavy (non-hydrogen) atoms. The van der Waals surface area contributed by atoms with E-state index in [-0.39, 0.29) is 27.9 Å². The van der Waals surface area contributed by atoms with Crippen molar-refractivity contribution in [1.82, 2.24) is 9.97 Å². The quantitative estimate of drug-likeness (QED) is 0.398. The van der Waals surface area contributed by atoms with Crippen molar-refractivity contribution in [2.24, 2.45) is 0 Å². The van der Waals surface area contributed by atoms with Crippen molar-refractivity contribution < 1.29 is 18.3 Å². The van der Waals surface area contributed by atoms with Gasteiger partial charge in [0, 0.05) is 6.07 Å². The van der Waals surface area contributed by atoms with E-state index in [9.17, 15) is 13.6 Å². The Morgan fingerprint density at radius 2 is 1.73 bits per heavy atom. The van der Waals surface area contributed by atoms with Crippen LogP contribution in [0, 0.1) is 18.6 Å². The molecule has 3 aromatic carbocycles. The van der Waals surface area contributed by atoms with Crippen LogP contribution in [0.2, 0.25) is 0 Å². The minimum Gasteiger partial charge on any atom is -0.493 e. The second kappa shape index (κ2) is 8.31. The standard InChI is InChI=1S/C26H24F2N2O3/c1-14-11-15(26(2,3)4)12-21(33-19-10-9-16(27)13-20(19)32-5)22(14)24-29-18-8-6-7-17(28)23(18)25(31)30-24/h6-13H,1-5H3,(H,29,30,31). The molecule has 0 unspecified atom stereocenters. The molecule has 170 valence electrons. The number of halogens is 2. The van der Waals surface area contributed by atoms with Gasteiger partial charge in [0.15, 0.2) is 11.5 Å². The molecule has 0 amide bonds. The number of nitrogens with zero attached hydrogens (tertiary/aromatic N) is 1. The Labute approximate surface area is 190 Å². The number of nitrogens with one attached hydrogen (secondary N) is 1. The van der Waals surface area contributed by atoms with Gasteiger partial charge in [-0.15, -0.1) is 0 Å². The average Bonchev–Trinajstić information content (AvgIpc) is 2.73. The zero-order chi connectivity index (χ0) is 23.9. The third-order valence-corrected chi connectivity index (χ3v) is 5.43. The highest BCUT2D eigenvalue weighted by Gasteiger charge is 2.22. The predicted molar refractivity (Wildman–Crippen MR) is 124 cm³/mol. The average molecular weight is 450 g/mol. The summed E-state index contributed by atoms with van der Waals surface area (Å²) >= 11 is 0. The Morgan fingerprint density at radius 3 is 2.42 bits per heavy atom. The van der Waals surface area contributed by atoms with Crippen LogP contribution < -0.4 is 15.0 Å². The van der Waals surface area contributed by atoms with Gasteiger partial charge < -0.3 is 14.5 Å². The number of H-pyrrole nitrogens is 1. The molecule has 7 heteroatoms. The monoisotopic (exact) mass is 450 g/mol. The molecule has 0 spiro atoms. The smallest absolute Gasteiger partial charge is 0.262 e. The summed E-state index contributed by atoms with van der Waals surface area (Å²) in [5.41, 5.74) is 1.79. The van der Waals surface area contributed by atoms with Gasteiger partial charge in [0.1, 0.15) is 28.6 Å². The second-order valence-electron chi connectivity index (χ2n) is 8.86. The maximum absolute atomic E-state index is 14.2. The highest BCUT2D eigenvalue weighted by atomic mass is 19.1. The van der Waals surface area contributed by atoms with E-state index in [1.165, 1.54) is 37.4 Å². The molecule has 0 aliphatic heterocycles. The first-order valence-electron chi connectivity index (χ1n) is 10.4. The SMILES string of the molecule is COc1cc(F)ccc1Oc1cc(C(C)(C)C)cc(C)c1-c1nc2cccc(F)c2c(=O)[nH]1. The molecular formula is C26H24F2N2O3. The zero-order valence-electron chi connectivity index (χ0n) is 19.0. The van der Waals surface area contributed by atoms with Crippen molar-refractivity contribution in [2.75, 3.05) is 7.11 Å². The number of benzene rings is 3. The van der Waals surface area contributed by atoms with Gasteiger partial charge in [-0.3, -0.25) is 4.79 Å². The zero-order valence-corrected chi connectivity index (χ0v) is 19.0. The van der Waals surface area contributed by atoms with Crippen LogP contribution in [0.1, 0.15) is 31.9 Å². The van der Waals surface area contributed by atoms with E-state index >= 15 is 0 Å². The summed E-state index contributed by atoms with van der Waals surface area (Å²) in [5.74, 6) is 0.0826. The third kappa shape index (κ3) is 4.31. The molecule has 0 atom stereocenters. The van der Waals surface area contributed by atoms with Gasteiger partial charge in [-0.2, -0.15) is 0 Å². The molecule has 4 aromatic rings. The second-order valence-corrected chi connectivity index (χ2v) is 8.86. The number of ether oxygens (including phenoxy) is 2. The third-order valence-electron chi connectivity index (χ3n) is 5.43. The number of rotatable bonds is 4. The van der Waals surface area contributed by atoms with Crippen molar-refractivity contribution in [2.45, 2.75) is 33.1 Å². The van der Waals surface area contributed by atoms with Gasteiger partial charge in [-0.05, 0) is 53.8 Å². The maximum atomic E-state index is 14.2. The fraction of sp³-hybridized carbons (Fsp3) is 0.231. The van der Waals surface area contributed by atoms with Crippen LogP contribution in [0.15, 0.2) is 53.3 Å². The van der Waals surface area contributed by atoms with E-state index in [0.717, 1.165) is 11.1 Å². The first-order chi connectivity index (χ1) is 15.6. The van der Waals surface area contributed by atoms with E-state index in [1.807, 2.05) is 19.1 Å². The highest BCUT2D eigenvalue weighted by Crippen LogP contribution is 2.41. The Morgan fingerprint density at radius 1 is 0.970 bits per heavy atom. The molecule has 0 radical (unpaired) electrons. The molecule has 0 fully saturated rings. The van der Waals surface area contributed by atoms with E-state index in [1.54, 1.807) is 6.07 Å². The Kier molecular flexibility index (Phi) is 5.66. The molecule has 1 aromatic heterocycles. The van der Waals surface area contributed by atoms with Crippen molar-refractivity contribution in [3.8, 4) is 28.6 Å². The van der Waals surface area contributed by atoms with Gasteiger partial charge in [0.05, 0.1) is 18.2 Å². The predicted octanol–water partition coefficient (Wildman–Crippen LogP) is 6.28. The molecule has 1 N–H and O–H groups in total. The number of aryl methyl sites for hydroxylation is 1. The summed E-state index contributed by atoms with van der Waals surface area (Å²) in [7, 11) is 1.43. The largest absolute Gasteiger partial charge is 0.493 e. The summed E-state index contributed by atoms with van der Waals surface area (Å²) in [5, 5.41) is -0.104. The van der Waals surface area contributed by atoms with E-state index < -0.39 is 17.2 Å². The molecule has 1 heterocycles. The number of aromatic amines is 1. The topological polar surface area (TPSA) is 64.2 Å². The van der Waals surface area contributed by atoms with Crippen LogP contribution in [0.5, 0.6) is 17.2 Å². The first kappa shape index (κ1) is 22.5. The highest BCUT2D eigenvalue weighted by molar-refractivity contribution is 5.81.